The zero-order chi connectivity index (χ0) is 12.0. The summed E-state index contributed by atoms with van der Waals surface area (Å²) in [6, 6.07) is 0.595. The third-order valence-corrected chi connectivity index (χ3v) is 4.63. The number of halogens is 1. The van der Waals surface area contributed by atoms with Gasteiger partial charge in [-0.25, -0.2) is 9.97 Å². The molecule has 3 nitrogen and oxygen atoms in total. The van der Waals surface area contributed by atoms with Crippen LogP contribution in [0, 0.1) is 25.7 Å². The fourth-order valence-electron chi connectivity index (χ4n) is 3.33. The monoisotopic (exact) mass is 251 g/mol. The highest BCUT2D eigenvalue weighted by atomic mass is 35.5. The number of anilines is 1. The molecule has 4 heteroatoms. The minimum Gasteiger partial charge on any atom is -0.367 e. The van der Waals surface area contributed by atoms with E-state index in [1.807, 2.05) is 13.8 Å². The molecule has 0 aromatic carbocycles. The number of nitrogens with zero attached hydrogens (tertiary/aromatic N) is 2. The van der Waals surface area contributed by atoms with E-state index in [-0.39, 0.29) is 0 Å². The Bertz CT molecular complexity index is 447. The minimum atomic E-state index is 0.572. The van der Waals surface area contributed by atoms with E-state index >= 15 is 0 Å². The Morgan fingerprint density at radius 1 is 1.18 bits per heavy atom. The topological polar surface area (TPSA) is 37.8 Å². The van der Waals surface area contributed by atoms with Crippen molar-refractivity contribution in [1.29, 1.82) is 0 Å². The predicted octanol–water partition coefficient (Wildman–Crippen LogP) is 3.35. The van der Waals surface area contributed by atoms with E-state index in [4.69, 9.17) is 11.6 Å². The largest absolute Gasteiger partial charge is 0.367 e. The van der Waals surface area contributed by atoms with Crippen LogP contribution in [0.2, 0.25) is 5.15 Å². The Labute approximate surface area is 107 Å². The van der Waals surface area contributed by atoms with Gasteiger partial charge in [0.2, 0.25) is 0 Å². The van der Waals surface area contributed by atoms with Crippen molar-refractivity contribution in [2.24, 2.45) is 11.8 Å². The molecule has 1 heterocycles. The van der Waals surface area contributed by atoms with Crippen molar-refractivity contribution < 1.29 is 0 Å². The summed E-state index contributed by atoms with van der Waals surface area (Å²) >= 11 is 6.09. The Balaban J connectivity index is 1.81. The van der Waals surface area contributed by atoms with Gasteiger partial charge in [0.15, 0.2) is 0 Å². The molecule has 2 saturated carbocycles. The van der Waals surface area contributed by atoms with Crippen LogP contribution >= 0.6 is 11.6 Å². The number of rotatable bonds is 2. The van der Waals surface area contributed by atoms with Crippen LogP contribution in [-0.2, 0) is 0 Å². The second-order valence-corrected chi connectivity index (χ2v) is 5.82. The number of fused-ring (bicyclic) bond motifs is 2. The van der Waals surface area contributed by atoms with Gasteiger partial charge in [0, 0.05) is 11.6 Å². The Morgan fingerprint density at radius 3 is 2.65 bits per heavy atom. The van der Waals surface area contributed by atoms with Crippen molar-refractivity contribution in [3.8, 4) is 0 Å². The van der Waals surface area contributed by atoms with Crippen molar-refractivity contribution >= 4 is 17.4 Å². The fourth-order valence-corrected chi connectivity index (χ4v) is 3.54. The van der Waals surface area contributed by atoms with Gasteiger partial charge in [0.05, 0.1) is 0 Å². The highest BCUT2D eigenvalue weighted by Gasteiger charge is 2.39. The molecule has 2 aliphatic carbocycles. The summed E-state index contributed by atoms with van der Waals surface area (Å²) in [5.41, 5.74) is 0.972. The van der Waals surface area contributed by atoms with E-state index < -0.39 is 0 Å². The number of aromatic nitrogens is 2. The lowest BCUT2D eigenvalue weighted by Crippen LogP contribution is -2.27. The Hall–Kier alpha value is -0.830. The molecule has 0 amide bonds. The molecule has 3 rings (SSSR count). The molecule has 2 bridgehead atoms. The number of nitrogens with one attached hydrogen (secondary N) is 1. The van der Waals surface area contributed by atoms with E-state index in [1.54, 1.807) is 0 Å². The van der Waals surface area contributed by atoms with Crippen LogP contribution in [0.25, 0.3) is 0 Å². The van der Waals surface area contributed by atoms with E-state index in [1.165, 1.54) is 25.7 Å². The van der Waals surface area contributed by atoms with Crippen LogP contribution < -0.4 is 5.32 Å². The lowest BCUT2D eigenvalue weighted by atomic mass is 9.95. The van der Waals surface area contributed by atoms with Gasteiger partial charge in [-0.3, -0.25) is 0 Å². The highest BCUT2D eigenvalue weighted by molar-refractivity contribution is 6.30. The molecular formula is C13H18ClN3. The Morgan fingerprint density at radius 2 is 2.00 bits per heavy atom. The van der Waals surface area contributed by atoms with Gasteiger partial charge in [0.25, 0.3) is 0 Å². The van der Waals surface area contributed by atoms with Crippen molar-refractivity contribution in [2.45, 2.75) is 45.6 Å². The average molecular weight is 252 g/mol. The SMILES string of the molecule is Cc1nc(Cl)c(C)c(NC2CC3CCC2C3)n1. The predicted molar refractivity (Wildman–Crippen MR) is 69.4 cm³/mol. The highest BCUT2D eigenvalue weighted by Crippen LogP contribution is 2.45. The van der Waals surface area contributed by atoms with Gasteiger partial charge >= 0.3 is 0 Å². The summed E-state index contributed by atoms with van der Waals surface area (Å²) in [6.45, 7) is 3.87. The number of hydrogen-bond acceptors (Lipinski definition) is 3. The lowest BCUT2D eigenvalue weighted by molar-refractivity contribution is 0.438. The first-order chi connectivity index (χ1) is 8.13. The third kappa shape index (κ3) is 2.01. The van der Waals surface area contributed by atoms with Gasteiger partial charge in [-0.05, 0) is 44.9 Å². The molecule has 1 N–H and O–H groups in total. The maximum Gasteiger partial charge on any atom is 0.137 e. The quantitative estimate of drug-likeness (QED) is 0.820. The molecule has 2 fully saturated rings. The summed E-state index contributed by atoms with van der Waals surface area (Å²) in [6.07, 6.45) is 5.49. The zero-order valence-corrected chi connectivity index (χ0v) is 11.1. The molecule has 17 heavy (non-hydrogen) atoms. The smallest absolute Gasteiger partial charge is 0.137 e. The van der Waals surface area contributed by atoms with Crippen molar-refractivity contribution in [1.82, 2.24) is 9.97 Å². The second-order valence-electron chi connectivity index (χ2n) is 5.46. The third-order valence-electron chi connectivity index (χ3n) is 4.26. The average Bonchev–Trinajstić information content (AvgIpc) is 2.87. The van der Waals surface area contributed by atoms with E-state index in [2.05, 4.69) is 15.3 Å². The van der Waals surface area contributed by atoms with Crippen molar-refractivity contribution in [3.05, 3.63) is 16.5 Å². The van der Waals surface area contributed by atoms with Crippen molar-refractivity contribution in [2.75, 3.05) is 5.32 Å². The Kier molecular flexibility index (Phi) is 2.74. The van der Waals surface area contributed by atoms with Crippen LogP contribution in [0.15, 0.2) is 0 Å². The maximum atomic E-state index is 6.09. The van der Waals surface area contributed by atoms with Gasteiger partial charge < -0.3 is 5.32 Å². The standard InChI is InChI=1S/C13H18ClN3/c1-7-12(14)15-8(2)16-13(7)17-11-6-9-3-4-10(11)5-9/h9-11H,3-6H2,1-2H3,(H,15,16,17). The van der Waals surface area contributed by atoms with Crippen LogP contribution in [0.4, 0.5) is 5.82 Å². The van der Waals surface area contributed by atoms with E-state index in [9.17, 15) is 0 Å². The molecule has 1 aromatic rings. The molecule has 0 saturated heterocycles. The zero-order valence-electron chi connectivity index (χ0n) is 10.3. The normalized spacial score (nSPS) is 30.9. The molecule has 92 valence electrons. The molecule has 2 aliphatic rings. The first-order valence-corrected chi connectivity index (χ1v) is 6.78. The van der Waals surface area contributed by atoms with Crippen LogP contribution in [-0.4, -0.2) is 16.0 Å². The molecule has 0 aliphatic heterocycles. The molecule has 1 aromatic heterocycles. The maximum absolute atomic E-state index is 6.09. The minimum absolute atomic E-state index is 0.572. The summed E-state index contributed by atoms with van der Waals surface area (Å²) in [7, 11) is 0. The van der Waals surface area contributed by atoms with E-state index in [0.717, 1.165) is 29.0 Å². The van der Waals surface area contributed by atoms with Gasteiger partial charge in [0.1, 0.15) is 16.8 Å². The lowest BCUT2D eigenvalue weighted by Gasteiger charge is -2.24. The molecule has 0 radical (unpaired) electrons. The summed E-state index contributed by atoms with van der Waals surface area (Å²) in [5.74, 6) is 3.45. The first kappa shape index (κ1) is 11.3. The van der Waals surface area contributed by atoms with Gasteiger partial charge in [-0.2, -0.15) is 0 Å². The molecule has 3 unspecified atom stereocenters. The van der Waals surface area contributed by atoms with Crippen LogP contribution in [0.3, 0.4) is 0 Å². The molecule has 0 spiro atoms. The summed E-state index contributed by atoms with van der Waals surface area (Å²) in [4.78, 5) is 8.64. The summed E-state index contributed by atoms with van der Waals surface area (Å²) in [5, 5.41) is 4.16. The van der Waals surface area contributed by atoms with Gasteiger partial charge in [-0.15, -0.1) is 0 Å². The molecular weight excluding hydrogens is 234 g/mol. The second kappa shape index (κ2) is 4.13. The van der Waals surface area contributed by atoms with E-state index in [0.29, 0.717) is 11.2 Å². The number of hydrogen-bond donors (Lipinski definition) is 1. The van der Waals surface area contributed by atoms with Crippen LogP contribution in [0.1, 0.15) is 37.1 Å². The van der Waals surface area contributed by atoms with Crippen LogP contribution in [0.5, 0.6) is 0 Å². The van der Waals surface area contributed by atoms with Crippen molar-refractivity contribution in [3.63, 3.8) is 0 Å². The molecule has 3 atom stereocenters. The van der Waals surface area contributed by atoms with Gasteiger partial charge in [-0.1, -0.05) is 18.0 Å². The fraction of sp³-hybridized carbons (Fsp3) is 0.692. The number of aryl methyl sites for hydroxylation is 1. The first-order valence-electron chi connectivity index (χ1n) is 6.40. The summed E-state index contributed by atoms with van der Waals surface area (Å²) < 4.78 is 0.